The van der Waals surface area contributed by atoms with Crippen LogP contribution in [0.25, 0.3) is 0 Å². The van der Waals surface area contributed by atoms with E-state index in [1.165, 1.54) is 18.2 Å². The first kappa shape index (κ1) is 17.2. The molecule has 0 aliphatic rings. The molecule has 0 amide bonds. The first-order valence-corrected chi connectivity index (χ1v) is 8.60. The van der Waals surface area contributed by atoms with Crippen molar-refractivity contribution in [2.45, 2.75) is 16.1 Å². The molecule has 1 atom stereocenters. The zero-order valence-electron chi connectivity index (χ0n) is 10.2. The summed E-state index contributed by atoms with van der Waals surface area (Å²) in [6, 6.07) is 4.32. The summed E-state index contributed by atoms with van der Waals surface area (Å²) >= 11 is 15.0. The van der Waals surface area contributed by atoms with Gasteiger partial charge >= 0.3 is 0 Å². The Bertz CT molecular complexity index is 525. The third-order valence-electron chi connectivity index (χ3n) is 2.28. The molecule has 0 spiro atoms. The van der Waals surface area contributed by atoms with Crippen molar-refractivity contribution in [2.75, 3.05) is 20.3 Å². The minimum Gasteiger partial charge on any atom is -0.384 e. The number of rotatable bonds is 7. The predicted molar refractivity (Wildman–Crippen MR) is 80.9 cm³/mol. The van der Waals surface area contributed by atoms with Crippen molar-refractivity contribution in [1.29, 1.82) is 0 Å². The maximum absolute atomic E-state index is 12.0. The van der Waals surface area contributed by atoms with Gasteiger partial charge in [-0.05, 0) is 24.6 Å². The summed E-state index contributed by atoms with van der Waals surface area (Å²) in [7, 11) is -2.06. The van der Waals surface area contributed by atoms with Gasteiger partial charge in [0.1, 0.15) is 4.90 Å². The lowest BCUT2D eigenvalue weighted by Crippen LogP contribution is -2.27. The first-order valence-electron chi connectivity index (χ1n) is 5.44. The summed E-state index contributed by atoms with van der Waals surface area (Å²) in [5.41, 5.74) is 0. The number of benzene rings is 1. The van der Waals surface area contributed by atoms with Gasteiger partial charge in [0.25, 0.3) is 0 Å². The van der Waals surface area contributed by atoms with E-state index in [9.17, 15) is 8.42 Å². The minimum absolute atomic E-state index is 0.0143. The van der Waals surface area contributed by atoms with Crippen LogP contribution in [0.3, 0.4) is 0 Å². The van der Waals surface area contributed by atoms with Crippen LogP contribution < -0.4 is 4.72 Å². The maximum Gasteiger partial charge on any atom is 0.242 e. The van der Waals surface area contributed by atoms with E-state index in [0.717, 1.165) is 0 Å². The topological polar surface area (TPSA) is 55.4 Å². The molecule has 0 aromatic heterocycles. The lowest BCUT2D eigenvalue weighted by Gasteiger charge is -2.11. The van der Waals surface area contributed by atoms with Crippen LogP contribution in [0.1, 0.15) is 6.42 Å². The Morgan fingerprint density at radius 2 is 2.11 bits per heavy atom. The van der Waals surface area contributed by atoms with E-state index in [2.05, 4.69) is 20.7 Å². The third kappa shape index (κ3) is 5.57. The highest BCUT2D eigenvalue weighted by molar-refractivity contribution is 9.09. The van der Waals surface area contributed by atoms with E-state index in [4.69, 9.17) is 27.9 Å². The normalized spacial score (nSPS) is 13.5. The Balaban J connectivity index is 2.68. The van der Waals surface area contributed by atoms with Crippen molar-refractivity contribution in [3.05, 3.63) is 28.2 Å². The molecule has 0 heterocycles. The van der Waals surface area contributed by atoms with Crippen molar-refractivity contribution in [3.8, 4) is 0 Å². The van der Waals surface area contributed by atoms with Gasteiger partial charge in [0, 0.05) is 23.5 Å². The Hall–Kier alpha value is 0.150. The fourth-order valence-corrected chi connectivity index (χ4v) is 3.68. The van der Waals surface area contributed by atoms with Crippen LogP contribution in [0.4, 0.5) is 0 Å². The summed E-state index contributed by atoms with van der Waals surface area (Å²) in [5.74, 6) is 0. The second-order valence-corrected chi connectivity index (χ2v) is 7.69. The second kappa shape index (κ2) is 7.81. The van der Waals surface area contributed by atoms with Crippen LogP contribution in [0.2, 0.25) is 10.0 Å². The molecule has 108 valence electrons. The van der Waals surface area contributed by atoms with Crippen molar-refractivity contribution < 1.29 is 13.2 Å². The van der Waals surface area contributed by atoms with Gasteiger partial charge in [0.15, 0.2) is 0 Å². The van der Waals surface area contributed by atoms with Gasteiger partial charge in [-0.25, -0.2) is 13.1 Å². The molecule has 0 fully saturated rings. The molecule has 0 radical (unpaired) electrons. The number of nitrogens with one attached hydrogen (secondary N) is 1. The number of hydrogen-bond acceptors (Lipinski definition) is 3. The molecule has 0 saturated heterocycles. The largest absolute Gasteiger partial charge is 0.384 e. The maximum atomic E-state index is 12.0. The molecule has 0 aliphatic heterocycles. The molecule has 1 aromatic carbocycles. The van der Waals surface area contributed by atoms with Crippen LogP contribution >= 0.6 is 39.1 Å². The quantitative estimate of drug-likeness (QED) is 0.728. The molecular formula is C11H14BrCl2NO3S. The Morgan fingerprint density at radius 1 is 1.42 bits per heavy atom. The molecule has 1 N–H and O–H groups in total. The van der Waals surface area contributed by atoms with Crippen LogP contribution in [-0.2, 0) is 14.8 Å². The van der Waals surface area contributed by atoms with Crippen LogP contribution in [-0.4, -0.2) is 33.5 Å². The highest BCUT2D eigenvalue weighted by Crippen LogP contribution is 2.24. The van der Waals surface area contributed by atoms with E-state index in [-0.39, 0.29) is 21.3 Å². The number of halogens is 3. The van der Waals surface area contributed by atoms with Gasteiger partial charge in [0.05, 0.1) is 11.6 Å². The first-order chi connectivity index (χ1) is 8.86. The van der Waals surface area contributed by atoms with Crippen molar-refractivity contribution in [3.63, 3.8) is 0 Å². The lowest BCUT2D eigenvalue weighted by atomic mass is 10.3. The summed E-state index contributed by atoms with van der Waals surface area (Å²) in [4.78, 5) is 0.0783. The standard InChI is InChI=1S/C11H14BrCl2NO3S/c1-18-7-8(12)4-5-15-19(16,17)11-6-9(13)2-3-10(11)14/h2-3,6,8,15H,4-5,7H2,1H3. The third-order valence-corrected chi connectivity index (χ3v) is 5.18. The fourth-order valence-electron chi connectivity index (χ4n) is 1.37. The van der Waals surface area contributed by atoms with Gasteiger partial charge < -0.3 is 4.74 Å². The molecule has 0 aliphatic carbocycles. The SMILES string of the molecule is COCC(Br)CCNS(=O)(=O)c1cc(Cl)ccc1Cl. The van der Waals surface area contributed by atoms with E-state index in [1.807, 2.05) is 0 Å². The molecule has 1 rings (SSSR count). The van der Waals surface area contributed by atoms with Crippen molar-refractivity contribution in [1.82, 2.24) is 4.72 Å². The van der Waals surface area contributed by atoms with Gasteiger partial charge in [-0.3, -0.25) is 0 Å². The average Bonchev–Trinajstić information content (AvgIpc) is 2.32. The lowest BCUT2D eigenvalue weighted by molar-refractivity contribution is 0.199. The number of alkyl halides is 1. The molecule has 1 aromatic rings. The van der Waals surface area contributed by atoms with Gasteiger partial charge in [-0.15, -0.1) is 0 Å². The minimum atomic E-state index is -3.65. The van der Waals surface area contributed by atoms with Gasteiger partial charge in [-0.2, -0.15) is 0 Å². The monoisotopic (exact) mass is 389 g/mol. The van der Waals surface area contributed by atoms with E-state index < -0.39 is 10.0 Å². The van der Waals surface area contributed by atoms with E-state index in [1.54, 1.807) is 7.11 Å². The zero-order chi connectivity index (χ0) is 14.5. The highest BCUT2D eigenvalue weighted by Gasteiger charge is 2.18. The zero-order valence-corrected chi connectivity index (χ0v) is 14.1. The number of sulfonamides is 1. The summed E-state index contributed by atoms with van der Waals surface area (Å²) in [6.07, 6.45) is 0.602. The smallest absolute Gasteiger partial charge is 0.242 e. The molecule has 1 unspecified atom stereocenters. The molecule has 8 heteroatoms. The number of methoxy groups -OCH3 is 1. The van der Waals surface area contributed by atoms with Crippen molar-refractivity contribution in [2.24, 2.45) is 0 Å². The van der Waals surface area contributed by atoms with Crippen LogP contribution in [0.15, 0.2) is 23.1 Å². The second-order valence-electron chi connectivity index (χ2n) is 3.81. The molecule has 4 nitrogen and oxygen atoms in total. The molecule has 0 bridgehead atoms. The average molecular weight is 391 g/mol. The molecular weight excluding hydrogens is 377 g/mol. The van der Waals surface area contributed by atoms with Crippen LogP contribution in [0, 0.1) is 0 Å². The molecule has 19 heavy (non-hydrogen) atoms. The number of ether oxygens (including phenoxy) is 1. The Kier molecular flexibility index (Phi) is 7.07. The molecule has 0 saturated carbocycles. The van der Waals surface area contributed by atoms with E-state index >= 15 is 0 Å². The summed E-state index contributed by atoms with van der Waals surface area (Å²) < 4.78 is 31.5. The van der Waals surface area contributed by atoms with Crippen LogP contribution in [0.5, 0.6) is 0 Å². The van der Waals surface area contributed by atoms with E-state index in [0.29, 0.717) is 18.1 Å². The van der Waals surface area contributed by atoms with Crippen molar-refractivity contribution >= 4 is 49.2 Å². The van der Waals surface area contributed by atoms with Gasteiger partial charge in [-0.1, -0.05) is 39.1 Å². The summed E-state index contributed by atoms with van der Waals surface area (Å²) in [6.45, 7) is 0.796. The van der Waals surface area contributed by atoms with Gasteiger partial charge in [0.2, 0.25) is 10.0 Å². The Morgan fingerprint density at radius 3 is 2.74 bits per heavy atom. The Labute approximate surface area is 131 Å². The fraction of sp³-hybridized carbons (Fsp3) is 0.455. The number of hydrogen-bond donors (Lipinski definition) is 1. The highest BCUT2D eigenvalue weighted by atomic mass is 79.9. The predicted octanol–water partition coefficient (Wildman–Crippen LogP) is 3.07. The summed E-state index contributed by atoms with van der Waals surface area (Å²) in [5, 5.41) is 0.465.